The number of nitrogens with zero attached hydrogens (tertiary/aromatic N) is 3. The van der Waals surface area contributed by atoms with Crippen molar-refractivity contribution in [3.8, 4) is 0 Å². The first-order valence-electron chi connectivity index (χ1n) is 7.29. The molecule has 0 radical (unpaired) electrons. The molecular formula is C16H18F3N3. The third-order valence-corrected chi connectivity index (χ3v) is 4.24. The second kappa shape index (κ2) is 5.76. The van der Waals surface area contributed by atoms with Crippen molar-refractivity contribution in [2.75, 3.05) is 13.1 Å². The molecule has 0 amide bonds. The molecule has 0 aliphatic carbocycles. The lowest BCUT2D eigenvalue weighted by Gasteiger charge is -2.16. The number of benzene rings is 1. The highest BCUT2D eigenvalue weighted by molar-refractivity contribution is 5.29. The molecular weight excluding hydrogens is 291 g/mol. The van der Waals surface area contributed by atoms with Crippen molar-refractivity contribution < 1.29 is 13.2 Å². The van der Waals surface area contributed by atoms with Crippen molar-refractivity contribution in [1.82, 2.24) is 14.5 Å². The maximum Gasteiger partial charge on any atom is 0.416 e. The molecule has 118 valence electrons. The summed E-state index contributed by atoms with van der Waals surface area (Å²) in [7, 11) is 1.95. The van der Waals surface area contributed by atoms with Gasteiger partial charge in [0, 0.05) is 26.0 Å². The van der Waals surface area contributed by atoms with E-state index in [0.717, 1.165) is 43.5 Å². The average molecular weight is 309 g/mol. The molecule has 1 saturated heterocycles. The minimum absolute atomic E-state index is 0.155. The van der Waals surface area contributed by atoms with E-state index in [1.165, 1.54) is 12.1 Å². The van der Waals surface area contributed by atoms with Crippen LogP contribution in [0.25, 0.3) is 0 Å². The Bertz CT molecular complexity index is 648. The minimum atomic E-state index is -4.28. The summed E-state index contributed by atoms with van der Waals surface area (Å²) in [6, 6.07) is 5.71. The molecule has 0 saturated carbocycles. The first-order valence-corrected chi connectivity index (χ1v) is 7.29. The third kappa shape index (κ3) is 3.16. The summed E-state index contributed by atoms with van der Waals surface area (Å²) in [6.07, 6.45) is 0.262. The van der Waals surface area contributed by atoms with Gasteiger partial charge in [-0.3, -0.25) is 4.90 Å². The fraction of sp³-hybridized carbons (Fsp3) is 0.438. The summed E-state index contributed by atoms with van der Waals surface area (Å²) in [5, 5.41) is 0. The number of halogens is 3. The molecule has 1 aliphatic rings. The molecule has 0 bridgehead atoms. The summed E-state index contributed by atoms with van der Waals surface area (Å²) in [4.78, 5) is 6.54. The topological polar surface area (TPSA) is 21.1 Å². The lowest BCUT2D eigenvalue weighted by Crippen LogP contribution is -2.21. The Hall–Kier alpha value is -1.82. The summed E-state index contributed by atoms with van der Waals surface area (Å²) in [5.74, 6) is 1.13. The van der Waals surface area contributed by atoms with Gasteiger partial charge in [-0.25, -0.2) is 4.98 Å². The SMILES string of the molecule is Cn1ccnc1CN1CCC(c2cccc(C(F)(F)F)c2)C1. The Morgan fingerprint density at radius 2 is 2.14 bits per heavy atom. The molecule has 2 heterocycles. The number of aromatic nitrogens is 2. The molecule has 1 atom stereocenters. The largest absolute Gasteiger partial charge is 0.416 e. The van der Waals surface area contributed by atoms with E-state index in [-0.39, 0.29) is 5.92 Å². The van der Waals surface area contributed by atoms with E-state index in [1.807, 2.05) is 17.8 Å². The van der Waals surface area contributed by atoms with Crippen LogP contribution in [0, 0.1) is 0 Å². The summed E-state index contributed by atoms with van der Waals surface area (Å²) in [6.45, 7) is 2.39. The fourth-order valence-electron chi connectivity index (χ4n) is 2.97. The Labute approximate surface area is 127 Å². The van der Waals surface area contributed by atoms with Crippen LogP contribution in [0.4, 0.5) is 13.2 Å². The summed E-state index contributed by atoms with van der Waals surface area (Å²) >= 11 is 0. The van der Waals surface area contributed by atoms with E-state index in [9.17, 15) is 13.2 Å². The molecule has 3 rings (SSSR count). The van der Waals surface area contributed by atoms with Crippen LogP contribution in [-0.4, -0.2) is 27.5 Å². The van der Waals surface area contributed by atoms with E-state index >= 15 is 0 Å². The molecule has 2 aromatic rings. The van der Waals surface area contributed by atoms with E-state index in [4.69, 9.17) is 0 Å². The molecule has 1 fully saturated rings. The van der Waals surface area contributed by atoms with Crippen LogP contribution in [0.3, 0.4) is 0 Å². The van der Waals surface area contributed by atoms with Gasteiger partial charge < -0.3 is 4.57 Å². The van der Waals surface area contributed by atoms with Crippen LogP contribution >= 0.6 is 0 Å². The number of likely N-dealkylation sites (tertiary alicyclic amines) is 1. The Balaban J connectivity index is 1.69. The summed E-state index contributed by atoms with van der Waals surface area (Å²) < 4.78 is 40.4. The summed E-state index contributed by atoms with van der Waals surface area (Å²) in [5.41, 5.74) is 0.213. The van der Waals surface area contributed by atoms with Crippen LogP contribution in [0.2, 0.25) is 0 Å². The average Bonchev–Trinajstić information content (AvgIpc) is 3.09. The number of aryl methyl sites for hydroxylation is 1. The highest BCUT2D eigenvalue weighted by Gasteiger charge is 2.32. The van der Waals surface area contributed by atoms with Gasteiger partial charge in [-0.05, 0) is 30.5 Å². The van der Waals surface area contributed by atoms with Gasteiger partial charge in [0.15, 0.2) is 0 Å². The molecule has 1 unspecified atom stereocenters. The maximum atomic E-state index is 12.8. The van der Waals surface area contributed by atoms with E-state index in [2.05, 4.69) is 9.88 Å². The first-order chi connectivity index (χ1) is 10.4. The van der Waals surface area contributed by atoms with E-state index < -0.39 is 11.7 Å². The second-order valence-corrected chi connectivity index (χ2v) is 5.80. The van der Waals surface area contributed by atoms with Crippen molar-refractivity contribution in [2.24, 2.45) is 7.05 Å². The molecule has 6 heteroatoms. The zero-order chi connectivity index (χ0) is 15.7. The molecule has 1 aliphatic heterocycles. The third-order valence-electron chi connectivity index (χ3n) is 4.24. The van der Waals surface area contributed by atoms with Gasteiger partial charge in [-0.1, -0.05) is 18.2 Å². The zero-order valence-electron chi connectivity index (χ0n) is 12.3. The van der Waals surface area contributed by atoms with Crippen molar-refractivity contribution in [2.45, 2.75) is 25.1 Å². The van der Waals surface area contributed by atoms with Crippen molar-refractivity contribution >= 4 is 0 Å². The number of imidazole rings is 1. The number of rotatable bonds is 3. The monoisotopic (exact) mass is 309 g/mol. The Morgan fingerprint density at radius 3 is 2.82 bits per heavy atom. The lowest BCUT2D eigenvalue weighted by atomic mass is 9.96. The quantitative estimate of drug-likeness (QED) is 0.866. The highest BCUT2D eigenvalue weighted by atomic mass is 19.4. The second-order valence-electron chi connectivity index (χ2n) is 5.80. The zero-order valence-corrected chi connectivity index (χ0v) is 12.3. The number of hydrogen-bond acceptors (Lipinski definition) is 2. The molecule has 0 spiro atoms. The highest BCUT2D eigenvalue weighted by Crippen LogP contribution is 2.33. The molecule has 0 N–H and O–H groups in total. The standard InChI is InChI=1S/C16H18F3N3/c1-21-8-6-20-15(21)11-22-7-5-13(10-22)12-3-2-4-14(9-12)16(17,18)19/h2-4,6,8-9,13H,5,7,10-11H2,1H3. The molecule has 22 heavy (non-hydrogen) atoms. The van der Waals surface area contributed by atoms with Crippen molar-refractivity contribution in [3.63, 3.8) is 0 Å². The Morgan fingerprint density at radius 1 is 1.32 bits per heavy atom. The maximum absolute atomic E-state index is 12.8. The van der Waals surface area contributed by atoms with Crippen molar-refractivity contribution in [3.05, 3.63) is 53.6 Å². The molecule has 1 aromatic carbocycles. The normalized spacial score (nSPS) is 19.7. The van der Waals surface area contributed by atoms with Gasteiger partial charge in [0.25, 0.3) is 0 Å². The van der Waals surface area contributed by atoms with E-state index in [1.54, 1.807) is 12.3 Å². The minimum Gasteiger partial charge on any atom is -0.337 e. The first kappa shape index (κ1) is 15.1. The molecule has 3 nitrogen and oxygen atoms in total. The number of alkyl halides is 3. The smallest absolute Gasteiger partial charge is 0.337 e. The van der Waals surface area contributed by atoms with Gasteiger partial charge in [0.2, 0.25) is 0 Å². The number of hydrogen-bond donors (Lipinski definition) is 0. The van der Waals surface area contributed by atoms with Gasteiger partial charge >= 0.3 is 6.18 Å². The van der Waals surface area contributed by atoms with Gasteiger partial charge in [-0.2, -0.15) is 13.2 Å². The van der Waals surface area contributed by atoms with Gasteiger partial charge in [0.1, 0.15) is 5.82 Å². The van der Waals surface area contributed by atoms with Crippen LogP contribution < -0.4 is 0 Å². The molecule has 1 aromatic heterocycles. The lowest BCUT2D eigenvalue weighted by molar-refractivity contribution is -0.137. The fourth-order valence-corrected chi connectivity index (χ4v) is 2.97. The van der Waals surface area contributed by atoms with E-state index in [0.29, 0.717) is 0 Å². The Kier molecular flexibility index (Phi) is 3.95. The van der Waals surface area contributed by atoms with Gasteiger partial charge in [0.05, 0.1) is 12.1 Å². The predicted octanol–water partition coefficient (Wildman–Crippen LogP) is 3.43. The van der Waals surface area contributed by atoms with Crippen molar-refractivity contribution in [1.29, 1.82) is 0 Å². The van der Waals surface area contributed by atoms with Crippen LogP contribution in [0.15, 0.2) is 36.7 Å². The van der Waals surface area contributed by atoms with Crippen LogP contribution in [0.5, 0.6) is 0 Å². The predicted molar refractivity (Wildman–Crippen MR) is 77.3 cm³/mol. The van der Waals surface area contributed by atoms with Crippen LogP contribution in [-0.2, 0) is 19.8 Å². The van der Waals surface area contributed by atoms with Crippen LogP contribution in [0.1, 0.15) is 29.3 Å². The van der Waals surface area contributed by atoms with Gasteiger partial charge in [-0.15, -0.1) is 0 Å².